The Labute approximate surface area is 132 Å². The number of carbonyl (C=O) groups is 1. The van der Waals surface area contributed by atoms with E-state index in [0.29, 0.717) is 23.0 Å². The van der Waals surface area contributed by atoms with Gasteiger partial charge in [0.25, 0.3) is 0 Å². The average Bonchev–Trinajstić information content (AvgIpc) is 2.93. The largest absolute Gasteiger partial charge is 0.457 e. The Morgan fingerprint density at radius 2 is 1.91 bits per heavy atom. The highest BCUT2D eigenvalue weighted by atomic mass is 16.5. The smallest absolute Gasteiger partial charge is 0.324 e. The first-order valence-electron chi connectivity index (χ1n) is 6.95. The number of amides is 2. The Bertz CT molecular complexity index is 801. The molecule has 1 aromatic carbocycles. The minimum absolute atomic E-state index is 0.371. The number of pyridine rings is 1. The van der Waals surface area contributed by atoms with Gasteiger partial charge in [-0.1, -0.05) is 6.07 Å². The normalized spacial score (nSPS) is 10.1. The predicted octanol–water partition coefficient (Wildman–Crippen LogP) is 3.25. The Kier molecular flexibility index (Phi) is 4.19. The van der Waals surface area contributed by atoms with Crippen LogP contribution in [0.5, 0.6) is 11.5 Å². The quantitative estimate of drug-likeness (QED) is 0.775. The first kappa shape index (κ1) is 14.6. The van der Waals surface area contributed by atoms with Crippen LogP contribution in [-0.4, -0.2) is 20.8 Å². The zero-order chi connectivity index (χ0) is 16.1. The van der Waals surface area contributed by atoms with Crippen molar-refractivity contribution in [3.8, 4) is 11.5 Å². The number of anilines is 2. The number of nitrogens with one attached hydrogen (secondary N) is 2. The lowest BCUT2D eigenvalue weighted by Gasteiger charge is -2.09. The maximum absolute atomic E-state index is 11.9. The van der Waals surface area contributed by atoms with Gasteiger partial charge in [0.2, 0.25) is 0 Å². The number of hydrogen-bond donors (Lipinski definition) is 2. The van der Waals surface area contributed by atoms with E-state index in [2.05, 4.69) is 20.7 Å². The van der Waals surface area contributed by atoms with E-state index in [9.17, 15) is 4.79 Å². The predicted molar refractivity (Wildman–Crippen MR) is 86.6 cm³/mol. The third kappa shape index (κ3) is 4.07. The van der Waals surface area contributed by atoms with Crippen molar-refractivity contribution in [3.05, 3.63) is 61.1 Å². The minimum Gasteiger partial charge on any atom is -0.457 e. The van der Waals surface area contributed by atoms with Gasteiger partial charge < -0.3 is 10.1 Å². The molecule has 0 saturated carbocycles. The lowest BCUT2D eigenvalue weighted by molar-refractivity contribution is 0.262. The van der Waals surface area contributed by atoms with Crippen LogP contribution in [-0.2, 0) is 7.05 Å². The van der Waals surface area contributed by atoms with Crippen molar-refractivity contribution in [2.45, 2.75) is 0 Å². The molecule has 3 rings (SSSR count). The highest BCUT2D eigenvalue weighted by Gasteiger charge is 2.06. The molecule has 0 radical (unpaired) electrons. The Hall–Kier alpha value is -3.35. The topological polar surface area (TPSA) is 81.1 Å². The first-order valence-corrected chi connectivity index (χ1v) is 6.95. The van der Waals surface area contributed by atoms with Crippen LogP contribution < -0.4 is 15.4 Å². The van der Waals surface area contributed by atoms with E-state index in [1.807, 2.05) is 6.07 Å². The SMILES string of the molecule is Cn1ccc(NC(=O)Nc2cccc(Oc3ccncc3)c2)n1. The van der Waals surface area contributed by atoms with Crippen molar-refractivity contribution in [1.82, 2.24) is 14.8 Å². The van der Waals surface area contributed by atoms with Crippen molar-refractivity contribution >= 4 is 17.5 Å². The second-order valence-electron chi connectivity index (χ2n) is 4.77. The summed E-state index contributed by atoms with van der Waals surface area (Å²) in [5.74, 6) is 1.77. The number of nitrogens with zero attached hydrogens (tertiary/aromatic N) is 3. The Morgan fingerprint density at radius 1 is 1.09 bits per heavy atom. The number of carbonyl (C=O) groups excluding carboxylic acids is 1. The van der Waals surface area contributed by atoms with Crippen molar-refractivity contribution in [3.63, 3.8) is 0 Å². The minimum atomic E-state index is -0.371. The molecule has 0 fully saturated rings. The summed E-state index contributed by atoms with van der Waals surface area (Å²) < 4.78 is 7.30. The van der Waals surface area contributed by atoms with Gasteiger partial charge in [-0.25, -0.2) is 4.79 Å². The van der Waals surface area contributed by atoms with Gasteiger partial charge in [0, 0.05) is 43.5 Å². The summed E-state index contributed by atoms with van der Waals surface area (Å²) in [4.78, 5) is 15.9. The number of hydrogen-bond acceptors (Lipinski definition) is 4. The molecule has 0 unspecified atom stereocenters. The van der Waals surface area contributed by atoms with Gasteiger partial charge in [0.1, 0.15) is 11.5 Å². The van der Waals surface area contributed by atoms with Crippen LogP contribution in [0.3, 0.4) is 0 Å². The molecular weight excluding hydrogens is 294 g/mol. The zero-order valence-electron chi connectivity index (χ0n) is 12.4. The molecule has 0 aliphatic heterocycles. The highest BCUT2D eigenvalue weighted by Crippen LogP contribution is 2.23. The van der Waals surface area contributed by atoms with Crippen LogP contribution in [0.2, 0.25) is 0 Å². The van der Waals surface area contributed by atoms with Gasteiger partial charge in [0.15, 0.2) is 5.82 Å². The Morgan fingerprint density at radius 3 is 2.65 bits per heavy atom. The van der Waals surface area contributed by atoms with Gasteiger partial charge >= 0.3 is 6.03 Å². The summed E-state index contributed by atoms with van der Waals surface area (Å²) in [5.41, 5.74) is 0.616. The summed E-state index contributed by atoms with van der Waals surface area (Å²) in [6, 6.07) is 12.0. The van der Waals surface area contributed by atoms with Crippen molar-refractivity contribution < 1.29 is 9.53 Å². The second-order valence-corrected chi connectivity index (χ2v) is 4.77. The molecule has 0 spiro atoms. The van der Waals surface area contributed by atoms with Crippen LogP contribution >= 0.6 is 0 Å². The molecule has 0 aliphatic carbocycles. The molecule has 0 saturated heterocycles. The number of aryl methyl sites for hydroxylation is 1. The van der Waals surface area contributed by atoms with Crippen LogP contribution in [0.1, 0.15) is 0 Å². The van der Waals surface area contributed by atoms with Crippen LogP contribution in [0, 0.1) is 0 Å². The summed E-state index contributed by atoms with van der Waals surface area (Å²) in [5, 5.41) is 9.46. The molecule has 7 nitrogen and oxygen atoms in total. The summed E-state index contributed by atoms with van der Waals surface area (Å²) in [6.07, 6.45) is 5.05. The fraction of sp³-hybridized carbons (Fsp3) is 0.0625. The van der Waals surface area contributed by atoms with Gasteiger partial charge in [-0.05, 0) is 24.3 Å². The van der Waals surface area contributed by atoms with E-state index in [-0.39, 0.29) is 6.03 Å². The van der Waals surface area contributed by atoms with Crippen LogP contribution in [0.25, 0.3) is 0 Å². The molecule has 0 atom stereocenters. The van der Waals surface area contributed by atoms with E-state index in [1.165, 1.54) is 0 Å². The van der Waals surface area contributed by atoms with Crippen molar-refractivity contribution in [1.29, 1.82) is 0 Å². The molecule has 2 N–H and O–H groups in total. The highest BCUT2D eigenvalue weighted by molar-refractivity contribution is 5.99. The van der Waals surface area contributed by atoms with E-state index >= 15 is 0 Å². The molecule has 2 heterocycles. The molecule has 2 amide bonds. The third-order valence-electron chi connectivity index (χ3n) is 2.93. The number of aromatic nitrogens is 3. The molecule has 23 heavy (non-hydrogen) atoms. The number of urea groups is 1. The Balaban J connectivity index is 1.64. The first-order chi connectivity index (χ1) is 11.2. The average molecular weight is 309 g/mol. The fourth-order valence-electron chi connectivity index (χ4n) is 1.94. The van der Waals surface area contributed by atoms with Gasteiger partial charge in [-0.15, -0.1) is 0 Å². The second kappa shape index (κ2) is 6.61. The molecule has 7 heteroatoms. The summed E-state index contributed by atoms with van der Waals surface area (Å²) in [7, 11) is 1.78. The van der Waals surface area contributed by atoms with Gasteiger partial charge in [-0.3, -0.25) is 15.0 Å². The number of benzene rings is 1. The lowest BCUT2D eigenvalue weighted by Crippen LogP contribution is -2.19. The van der Waals surface area contributed by atoms with Crippen molar-refractivity contribution in [2.75, 3.05) is 10.6 Å². The van der Waals surface area contributed by atoms with Crippen LogP contribution in [0.4, 0.5) is 16.3 Å². The number of rotatable bonds is 4. The van der Waals surface area contributed by atoms with E-state index < -0.39 is 0 Å². The van der Waals surface area contributed by atoms with Gasteiger partial charge in [-0.2, -0.15) is 5.10 Å². The third-order valence-corrected chi connectivity index (χ3v) is 2.93. The van der Waals surface area contributed by atoms with E-state index in [1.54, 1.807) is 66.7 Å². The summed E-state index contributed by atoms with van der Waals surface area (Å²) in [6.45, 7) is 0. The van der Waals surface area contributed by atoms with Crippen molar-refractivity contribution in [2.24, 2.45) is 7.05 Å². The zero-order valence-corrected chi connectivity index (χ0v) is 12.4. The molecule has 116 valence electrons. The van der Waals surface area contributed by atoms with Gasteiger partial charge in [0.05, 0.1) is 0 Å². The monoisotopic (exact) mass is 309 g/mol. The van der Waals surface area contributed by atoms with E-state index in [0.717, 1.165) is 0 Å². The molecule has 3 aromatic rings. The maximum atomic E-state index is 11.9. The molecule has 0 bridgehead atoms. The standard InChI is InChI=1S/C16H15N5O2/c1-21-10-7-15(20-21)19-16(22)18-12-3-2-4-14(11-12)23-13-5-8-17-9-6-13/h2-11H,1H3,(H2,18,19,20,22). The number of ether oxygens (including phenoxy) is 1. The fourth-order valence-corrected chi connectivity index (χ4v) is 1.94. The summed E-state index contributed by atoms with van der Waals surface area (Å²) >= 11 is 0. The van der Waals surface area contributed by atoms with Crippen LogP contribution in [0.15, 0.2) is 61.1 Å². The lowest BCUT2D eigenvalue weighted by atomic mass is 10.3. The molecular formula is C16H15N5O2. The van der Waals surface area contributed by atoms with E-state index in [4.69, 9.17) is 4.74 Å². The molecule has 2 aromatic heterocycles. The molecule has 0 aliphatic rings. The maximum Gasteiger partial charge on any atom is 0.324 e.